The van der Waals surface area contributed by atoms with Crippen molar-refractivity contribution < 1.29 is 27.9 Å². The Balaban J connectivity index is 1.77. The number of halogens is 1. The summed E-state index contributed by atoms with van der Waals surface area (Å²) in [5.74, 6) is -1.43. The Morgan fingerprint density at radius 3 is 2.64 bits per heavy atom. The second-order valence-electron chi connectivity index (χ2n) is 5.40. The second kappa shape index (κ2) is 6.76. The van der Waals surface area contributed by atoms with Gasteiger partial charge in [0.05, 0.1) is 12.7 Å². The number of fused-ring (bicyclic) bond motifs is 1. The van der Waals surface area contributed by atoms with E-state index in [2.05, 4.69) is 0 Å². The molecule has 0 aliphatic heterocycles. The summed E-state index contributed by atoms with van der Waals surface area (Å²) >= 11 is 0. The lowest BCUT2D eigenvalue weighted by Gasteiger charge is -2.04. The molecule has 5 nitrogen and oxygen atoms in total. The molecule has 0 atom stereocenters. The van der Waals surface area contributed by atoms with Gasteiger partial charge in [-0.25, -0.2) is 9.18 Å². The summed E-state index contributed by atoms with van der Waals surface area (Å²) in [6.45, 7) is 1.14. The topological polar surface area (TPSA) is 65.7 Å². The molecule has 0 amide bonds. The third-order valence-corrected chi connectivity index (χ3v) is 3.84. The minimum absolute atomic E-state index is 0.00425. The van der Waals surface area contributed by atoms with Crippen LogP contribution in [0.1, 0.15) is 26.5 Å². The summed E-state index contributed by atoms with van der Waals surface area (Å²) in [4.78, 5) is 24.2. The zero-order chi connectivity index (χ0) is 18.0. The van der Waals surface area contributed by atoms with Gasteiger partial charge in [-0.3, -0.25) is 4.79 Å². The van der Waals surface area contributed by atoms with Crippen LogP contribution >= 0.6 is 0 Å². The van der Waals surface area contributed by atoms with E-state index in [0.717, 1.165) is 0 Å². The number of ketones is 1. The van der Waals surface area contributed by atoms with Gasteiger partial charge in [-0.15, -0.1) is 0 Å². The smallest absolute Gasteiger partial charge is 0.375 e. The Hall–Kier alpha value is -3.15. The normalized spacial score (nSPS) is 10.7. The summed E-state index contributed by atoms with van der Waals surface area (Å²) < 4.78 is 29.2. The first-order chi connectivity index (χ1) is 12.0. The fourth-order valence-electron chi connectivity index (χ4n) is 2.48. The second-order valence-corrected chi connectivity index (χ2v) is 5.40. The van der Waals surface area contributed by atoms with Crippen molar-refractivity contribution in [3.63, 3.8) is 0 Å². The summed E-state index contributed by atoms with van der Waals surface area (Å²) in [7, 11) is 1.54. The highest BCUT2D eigenvalue weighted by Gasteiger charge is 2.21. The average molecular weight is 342 g/mol. The molecule has 3 rings (SSSR count). The Morgan fingerprint density at radius 1 is 1.16 bits per heavy atom. The number of benzene rings is 2. The molecule has 0 aliphatic carbocycles. The molecule has 0 saturated carbocycles. The van der Waals surface area contributed by atoms with Crippen LogP contribution in [0, 0.1) is 12.7 Å². The molecular weight excluding hydrogens is 327 g/mol. The number of Topliss-reactive ketones (excluding diaryl/α,β-unsaturated/α-hetero) is 1. The SMILES string of the molecule is COc1ccc2oc(C(=O)OCC(=O)c3ccccc3F)c(C)c2c1. The van der Waals surface area contributed by atoms with Crippen molar-refractivity contribution >= 4 is 22.7 Å². The van der Waals surface area contributed by atoms with Crippen LogP contribution < -0.4 is 4.74 Å². The monoisotopic (exact) mass is 342 g/mol. The third-order valence-electron chi connectivity index (χ3n) is 3.84. The van der Waals surface area contributed by atoms with E-state index < -0.39 is 24.2 Å². The molecule has 0 fully saturated rings. The molecule has 0 saturated heterocycles. The van der Waals surface area contributed by atoms with E-state index in [-0.39, 0.29) is 11.3 Å². The molecule has 0 aliphatic rings. The highest BCUT2D eigenvalue weighted by atomic mass is 19.1. The summed E-state index contributed by atoms with van der Waals surface area (Å²) in [5.41, 5.74) is 0.962. The molecule has 0 N–H and O–H groups in total. The fourth-order valence-corrected chi connectivity index (χ4v) is 2.48. The van der Waals surface area contributed by atoms with Gasteiger partial charge >= 0.3 is 5.97 Å². The standard InChI is InChI=1S/C19H15FO5/c1-11-14-9-12(23-2)7-8-17(14)25-18(11)19(22)24-10-16(21)13-5-3-4-6-15(13)20/h3-9H,10H2,1-2H3. The lowest BCUT2D eigenvalue weighted by molar-refractivity contribution is 0.0444. The predicted octanol–water partition coefficient (Wildman–Crippen LogP) is 3.93. The van der Waals surface area contributed by atoms with E-state index in [9.17, 15) is 14.0 Å². The number of rotatable bonds is 5. The van der Waals surface area contributed by atoms with E-state index in [1.54, 1.807) is 32.2 Å². The number of hydrogen-bond donors (Lipinski definition) is 0. The van der Waals surface area contributed by atoms with E-state index in [0.29, 0.717) is 22.3 Å². The number of methoxy groups -OCH3 is 1. The first-order valence-electron chi connectivity index (χ1n) is 7.53. The zero-order valence-electron chi connectivity index (χ0n) is 13.7. The maximum atomic E-state index is 13.6. The van der Waals surface area contributed by atoms with Crippen LogP contribution in [0.25, 0.3) is 11.0 Å². The fraction of sp³-hybridized carbons (Fsp3) is 0.158. The minimum Gasteiger partial charge on any atom is -0.497 e. The van der Waals surface area contributed by atoms with Gasteiger partial charge in [0.1, 0.15) is 17.1 Å². The molecule has 1 heterocycles. The Labute approximate surface area is 143 Å². The van der Waals surface area contributed by atoms with E-state index >= 15 is 0 Å². The minimum atomic E-state index is -0.780. The molecule has 3 aromatic rings. The Morgan fingerprint density at radius 2 is 1.92 bits per heavy atom. The van der Waals surface area contributed by atoms with Crippen LogP contribution in [-0.4, -0.2) is 25.5 Å². The van der Waals surface area contributed by atoms with Crippen molar-refractivity contribution in [3.05, 3.63) is 65.2 Å². The number of carbonyl (C=O) groups is 2. The molecule has 25 heavy (non-hydrogen) atoms. The molecule has 2 aromatic carbocycles. The van der Waals surface area contributed by atoms with Gasteiger partial charge in [-0.2, -0.15) is 0 Å². The lowest BCUT2D eigenvalue weighted by atomic mass is 10.1. The van der Waals surface area contributed by atoms with E-state index in [4.69, 9.17) is 13.9 Å². The van der Waals surface area contributed by atoms with Crippen LogP contribution in [0.15, 0.2) is 46.9 Å². The molecule has 0 radical (unpaired) electrons. The zero-order valence-corrected chi connectivity index (χ0v) is 13.7. The van der Waals surface area contributed by atoms with Gasteiger partial charge in [-0.05, 0) is 37.3 Å². The number of esters is 1. The Bertz CT molecular complexity index is 958. The van der Waals surface area contributed by atoms with Gasteiger partial charge in [-0.1, -0.05) is 12.1 Å². The van der Waals surface area contributed by atoms with Crippen molar-refractivity contribution in [2.75, 3.05) is 13.7 Å². The van der Waals surface area contributed by atoms with Gasteiger partial charge in [0, 0.05) is 10.9 Å². The maximum Gasteiger partial charge on any atom is 0.375 e. The lowest BCUT2D eigenvalue weighted by Crippen LogP contribution is -2.15. The first-order valence-corrected chi connectivity index (χ1v) is 7.53. The van der Waals surface area contributed by atoms with Gasteiger partial charge in [0.15, 0.2) is 6.61 Å². The number of hydrogen-bond acceptors (Lipinski definition) is 5. The molecule has 0 bridgehead atoms. The van der Waals surface area contributed by atoms with Crippen LogP contribution in [0.2, 0.25) is 0 Å². The maximum absolute atomic E-state index is 13.6. The number of ether oxygens (including phenoxy) is 2. The van der Waals surface area contributed by atoms with Crippen molar-refractivity contribution in [1.82, 2.24) is 0 Å². The van der Waals surface area contributed by atoms with E-state index in [1.165, 1.54) is 24.3 Å². The predicted molar refractivity (Wildman–Crippen MR) is 88.5 cm³/mol. The van der Waals surface area contributed by atoms with Crippen LogP contribution in [-0.2, 0) is 4.74 Å². The van der Waals surface area contributed by atoms with Crippen LogP contribution in [0.5, 0.6) is 5.75 Å². The van der Waals surface area contributed by atoms with Crippen molar-refractivity contribution in [3.8, 4) is 5.75 Å². The van der Waals surface area contributed by atoms with Gasteiger partial charge in [0.2, 0.25) is 11.5 Å². The van der Waals surface area contributed by atoms with Crippen LogP contribution in [0.4, 0.5) is 4.39 Å². The molecular formula is C19H15FO5. The van der Waals surface area contributed by atoms with Crippen molar-refractivity contribution in [2.45, 2.75) is 6.92 Å². The van der Waals surface area contributed by atoms with Crippen molar-refractivity contribution in [1.29, 1.82) is 0 Å². The van der Waals surface area contributed by atoms with Crippen LogP contribution in [0.3, 0.4) is 0 Å². The molecule has 1 aromatic heterocycles. The largest absolute Gasteiger partial charge is 0.497 e. The molecule has 128 valence electrons. The van der Waals surface area contributed by atoms with E-state index in [1.807, 2.05) is 0 Å². The number of carbonyl (C=O) groups excluding carboxylic acids is 2. The summed E-state index contributed by atoms with van der Waals surface area (Å²) in [5, 5.41) is 0.715. The highest BCUT2D eigenvalue weighted by Crippen LogP contribution is 2.29. The highest BCUT2D eigenvalue weighted by molar-refractivity contribution is 6.00. The quantitative estimate of drug-likeness (QED) is 0.519. The van der Waals surface area contributed by atoms with Gasteiger partial charge < -0.3 is 13.9 Å². The average Bonchev–Trinajstić information content (AvgIpc) is 2.96. The number of aryl methyl sites for hydroxylation is 1. The summed E-state index contributed by atoms with van der Waals surface area (Å²) in [6, 6.07) is 10.7. The number of furan rings is 1. The molecule has 6 heteroatoms. The first kappa shape index (κ1) is 16.7. The Kier molecular flexibility index (Phi) is 4.52. The van der Waals surface area contributed by atoms with Crippen molar-refractivity contribution in [2.24, 2.45) is 0 Å². The third kappa shape index (κ3) is 3.24. The molecule has 0 unspecified atom stereocenters. The molecule has 0 spiro atoms. The van der Waals surface area contributed by atoms with Gasteiger partial charge in [0.25, 0.3) is 0 Å². The summed E-state index contributed by atoms with van der Waals surface area (Å²) in [6.07, 6.45) is 0.